The van der Waals surface area contributed by atoms with Crippen molar-refractivity contribution < 1.29 is 57.6 Å². The molecular formula is C55H42N2. The molecule has 1 aliphatic heterocycles. The average Bonchev–Trinajstić information content (AvgIpc) is 0.658. The third-order valence-corrected chi connectivity index (χ3v) is 8.55. The fourth-order valence-corrected chi connectivity index (χ4v) is 6.15. The SMILES string of the molecule is [2H]c1c([2H])c([2H])c(-c2c([2H])c([2H])c(N(c3c([2H])c([2H])c([2H])c([2H])c3[2H])c3c([2H])c([2H])c(-c4c([2H])c([2H])c5c([2H])c([2H])c([2H])c([2H])c5c4N4c5c([2H])c([2H])c([2H])c([2H])c5C(C([2H])([2H])[2H])(C([2H])([2H])[2H])c5c(-c6c([2H])c([2H])c([2H])c([2H])c6[2H])c([2H])c([2H])c([2H])c54)c([2H])c3[2H])c([2H])c2[2H])c([2H])c1[2H]. The van der Waals surface area contributed by atoms with E-state index < -0.39 is 326 Å². The topological polar surface area (TPSA) is 6.48 Å². The van der Waals surface area contributed by atoms with Gasteiger partial charge in [0.25, 0.3) is 0 Å². The van der Waals surface area contributed by atoms with Crippen molar-refractivity contribution in [3.63, 3.8) is 0 Å². The van der Waals surface area contributed by atoms with Crippen molar-refractivity contribution in [2.45, 2.75) is 19.1 Å². The Bertz CT molecular complexity index is 5050. The van der Waals surface area contributed by atoms with E-state index in [4.69, 9.17) is 26.0 Å². The molecule has 0 amide bonds. The van der Waals surface area contributed by atoms with E-state index >= 15 is 0 Å². The Balaban J connectivity index is 1.51. The second-order valence-corrected chi connectivity index (χ2v) is 11.8. The van der Waals surface area contributed by atoms with Crippen LogP contribution in [0.3, 0.4) is 0 Å². The van der Waals surface area contributed by atoms with Gasteiger partial charge in [0.05, 0.1) is 66.4 Å². The highest BCUT2D eigenvalue weighted by atomic mass is 15.2. The van der Waals surface area contributed by atoms with Crippen LogP contribution >= 0.6 is 0 Å². The molecule has 1 aliphatic rings. The highest BCUT2D eigenvalue weighted by molar-refractivity contribution is 6.08. The van der Waals surface area contributed by atoms with Gasteiger partial charge in [0.1, 0.15) is 0 Å². The van der Waals surface area contributed by atoms with Crippen molar-refractivity contribution in [1.29, 1.82) is 0 Å². The second-order valence-electron chi connectivity index (χ2n) is 11.8. The lowest BCUT2D eigenvalue weighted by Gasteiger charge is -2.44. The van der Waals surface area contributed by atoms with Crippen LogP contribution in [0.15, 0.2) is 218 Å². The van der Waals surface area contributed by atoms with Crippen LogP contribution in [-0.4, -0.2) is 0 Å². The summed E-state index contributed by atoms with van der Waals surface area (Å²) in [5.74, 6) is 0. The Morgan fingerprint density at radius 2 is 0.947 bits per heavy atom. The zero-order valence-electron chi connectivity index (χ0n) is 70.4. The molecule has 0 aromatic heterocycles. The van der Waals surface area contributed by atoms with Gasteiger partial charge in [0.15, 0.2) is 0 Å². The number of rotatable bonds is 7. The minimum absolute atomic E-state index is 0.157. The van der Waals surface area contributed by atoms with Crippen LogP contribution in [0.4, 0.5) is 34.1 Å². The number of fused-ring (bicyclic) bond motifs is 3. The van der Waals surface area contributed by atoms with E-state index in [-0.39, 0.29) is 9.80 Å². The Labute approximate surface area is 394 Å². The Morgan fingerprint density at radius 3 is 1.65 bits per heavy atom. The van der Waals surface area contributed by atoms with Crippen molar-refractivity contribution >= 4 is 44.9 Å². The van der Waals surface area contributed by atoms with Crippen molar-refractivity contribution in [3.8, 4) is 33.4 Å². The molecule has 57 heavy (non-hydrogen) atoms. The van der Waals surface area contributed by atoms with Gasteiger partial charge >= 0.3 is 0 Å². The predicted octanol–water partition coefficient (Wildman–Crippen LogP) is 15.4. The summed E-state index contributed by atoms with van der Waals surface area (Å²) < 4.78 is 386. The zero-order valence-corrected chi connectivity index (χ0v) is 28.4. The first-order valence-corrected chi connectivity index (χ1v) is 16.3. The van der Waals surface area contributed by atoms with Crippen LogP contribution in [0.1, 0.15) is 82.4 Å². The van der Waals surface area contributed by atoms with Crippen LogP contribution in [0, 0.1) is 0 Å². The quantitative estimate of drug-likeness (QED) is 0.159. The molecule has 1 heterocycles. The molecule has 0 aliphatic carbocycles. The third-order valence-electron chi connectivity index (χ3n) is 8.55. The summed E-state index contributed by atoms with van der Waals surface area (Å²) in [6.45, 7) is -8.75. The molecule has 2 heteroatoms. The maximum absolute atomic E-state index is 10.0. The molecule has 272 valence electrons. The summed E-state index contributed by atoms with van der Waals surface area (Å²) in [6, 6.07) is -47.8. The number of para-hydroxylation sites is 2. The predicted molar refractivity (Wildman–Crippen MR) is 242 cm³/mol. The standard InChI is InChI=1S/C55H42N2/c1-55(2)50-26-14-15-27-51(50)57(52-28-16-25-47(53(52)55)41-19-8-4-9-20-41)54-48-24-13-12-21-42(48)33-38-49(54)43-31-36-46(37-32-43)56(44-22-10-5-11-23-44)45-34-29-40(30-35-45)39-17-6-3-7-18-39/h3-38H,1-2H3/i1D3,2D3,3D,4D,5D,6D,7D,8D,9D,10D,11D,12D,13D,14D,15D,16D,17D,18D,19D,20D,21D,22D,23D,24D,25D,26D,27D,28D,29D,30D,31D,32D,33D,34D,35D,36D,37D,38D. The monoisotopic (exact) mass is 773 g/mol. The molecule has 0 saturated carbocycles. The molecular weight excluding hydrogens is 689 g/mol. The molecule has 0 saturated heterocycles. The fourth-order valence-electron chi connectivity index (χ4n) is 6.15. The van der Waals surface area contributed by atoms with Gasteiger partial charge < -0.3 is 9.80 Å². The van der Waals surface area contributed by atoms with E-state index in [1.807, 2.05) is 0 Å². The second kappa shape index (κ2) is 14.2. The number of benzene rings is 9. The smallest absolute Gasteiger partial charge is 0.0645 e. The van der Waals surface area contributed by atoms with Crippen LogP contribution in [0.25, 0.3) is 44.2 Å². The van der Waals surface area contributed by atoms with E-state index in [1.165, 1.54) is 0 Å². The summed E-state index contributed by atoms with van der Waals surface area (Å²) in [5, 5.41) is -2.29. The van der Waals surface area contributed by atoms with E-state index in [0.29, 0.717) is 0 Å². The van der Waals surface area contributed by atoms with Crippen LogP contribution in [-0.2, 0) is 5.41 Å². The molecule has 0 spiro atoms. The Kier molecular flexibility index (Phi) is 2.90. The molecule has 0 N–H and O–H groups in total. The molecule has 2 nitrogen and oxygen atoms in total. The van der Waals surface area contributed by atoms with E-state index in [2.05, 4.69) is 0 Å². The summed E-state index contributed by atoms with van der Waals surface area (Å²) in [5.41, 5.74) is -23.2. The number of hydrogen-bond donors (Lipinski definition) is 0. The van der Waals surface area contributed by atoms with Crippen molar-refractivity contribution in [3.05, 3.63) is 229 Å². The maximum Gasteiger partial charge on any atom is 0.0645 e. The molecule has 0 radical (unpaired) electrons. The van der Waals surface area contributed by atoms with Gasteiger partial charge in [-0.25, -0.2) is 0 Å². The number of nitrogens with zero attached hydrogens (tertiary/aromatic N) is 2. The molecule has 0 bridgehead atoms. The highest BCUT2D eigenvalue weighted by Gasteiger charge is 2.39. The first-order valence-electron chi connectivity index (χ1n) is 37.3. The molecule has 9 aromatic carbocycles. The van der Waals surface area contributed by atoms with E-state index in [1.54, 1.807) is 0 Å². The molecule has 0 atom stereocenters. The lowest BCUT2D eigenvalue weighted by molar-refractivity contribution is 0.634. The van der Waals surface area contributed by atoms with Gasteiger partial charge in [0, 0.05) is 41.7 Å². The molecule has 9 aromatic rings. The molecule has 10 rings (SSSR count). The van der Waals surface area contributed by atoms with E-state index in [0.717, 1.165) is 0 Å². The lowest BCUT2D eigenvalue weighted by Crippen LogP contribution is -2.31. The van der Waals surface area contributed by atoms with Gasteiger partial charge in [-0.15, -0.1) is 0 Å². The Hall–Kier alpha value is -7.16. The minimum atomic E-state index is -4.37. The van der Waals surface area contributed by atoms with Crippen molar-refractivity contribution in [1.82, 2.24) is 0 Å². The largest absolute Gasteiger partial charge is 0.311 e. The number of hydrogen-bond acceptors (Lipinski definition) is 2. The first-order chi connectivity index (χ1) is 45.5. The number of anilines is 6. The fraction of sp³-hybridized carbons (Fsp3) is 0.0545. The summed E-state index contributed by atoms with van der Waals surface area (Å²) in [6.07, 6.45) is 0. The minimum Gasteiger partial charge on any atom is -0.311 e. The summed E-state index contributed by atoms with van der Waals surface area (Å²) >= 11 is 0. The summed E-state index contributed by atoms with van der Waals surface area (Å²) in [7, 11) is 0. The van der Waals surface area contributed by atoms with Gasteiger partial charge in [-0.05, 0) is 92.7 Å². The Morgan fingerprint density at radius 1 is 0.421 bits per heavy atom. The molecule has 0 unspecified atom stereocenters. The first kappa shape index (κ1) is 11.7. The maximum atomic E-state index is 10.0. The van der Waals surface area contributed by atoms with Gasteiger partial charge in [-0.1, -0.05) is 183 Å². The lowest BCUT2D eigenvalue weighted by atomic mass is 9.70. The third kappa shape index (κ3) is 5.98. The van der Waals surface area contributed by atoms with Crippen LogP contribution in [0.5, 0.6) is 0 Å². The average molecular weight is 773 g/mol. The normalized spacial score (nSPS) is 23.7. The van der Waals surface area contributed by atoms with Crippen LogP contribution < -0.4 is 9.80 Å². The molecule has 0 fully saturated rings. The van der Waals surface area contributed by atoms with E-state index in [9.17, 15) is 31.5 Å². The van der Waals surface area contributed by atoms with Gasteiger partial charge in [-0.3, -0.25) is 0 Å². The zero-order chi connectivity index (χ0) is 74.7. The van der Waals surface area contributed by atoms with Crippen molar-refractivity contribution in [2.24, 2.45) is 0 Å². The van der Waals surface area contributed by atoms with Gasteiger partial charge in [0.2, 0.25) is 0 Å². The highest BCUT2D eigenvalue weighted by Crippen LogP contribution is 2.57. The van der Waals surface area contributed by atoms with Gasteiger partial charge in [-0.2, -0.15) is 0 Å². The van der Waals surface area contributed by atoms with Crippen LogP contribution in [0.2, 0.25) is 0 Å². The van der Waals surface area contributed by atoms with Crippen molar-refractivity contribution in [2.75, 3.05) is 9.80 Å². The summed E-state index contributed by atoms with van der Waals surface area (Å²) in [4.78, 5) is 0.372.